The monoisotopic (exact) mass is 293 g/mol. The highest BCUT2D eigenvalue weighted by molar-refractivity contribution is 5.63. The molecular weight excluding hydrogens is 278 g/mol. The van der Waals surface area contributed by atoms with Crippen molar-refractivity contribution in [3.8, 4) is 16.9 Å². The molecule has 5 nitrogen and oxygen atoms in total. The summed E-state index contributed by atoms with van der Waals surface area (Å²) < 4.78 is 1.44. The van der Waals surface area contributed by atoms with Crippen LogP contribution < -0.4 is 5.56 Å². The molecule has 0 saturated heterocycles. The zero-order chi connectivity index (χ0) is 15.5. The summed E-state index contributed by atoms with van der Waals surface area (Å²) in [5.41, 5.74) is 2.32. The Hall–Kier alpha value is -2.95. The smallest absolute Gasteiger partial charge is 0.277 e. The lowest BCUT2D eigenvalue weighted by Crippen LogP contribution is -2.18. The third kappa shape index (κ3) is 2.37. The molecule has 0 fully saturated rings. The van der Waals surface area contributed by atoms with Crippen molar-refractivity contribution >= 4 is 0 Å². The molecule has 0 bridgehead atoms. The molecule has 0 aliphatic heterocycles. The van der Waals surface area contributed by atoms with Gasteiger partial charge >= 0.3 is 0 Å². The van der Waals surface area contributed by atoms with Crippen molar-refractivity contribution in [1.82, 2.24) is 9.78 Å². The number of para-hydroxylation sites is 1. The molecule has 1 N–H and O–H groups in total. The molecule has 0 aliphatic rings. The highest BCUT2D eigenvalue weighted by atomic mass is 16.3. The second-order valence-corrected chi connectivity index (χ2v) is 5.02. The standard InChI is InChI=1S/C17H15N3O2/c1-12(19-22)15-16(13-8-4-2-5-9-13)18-20(17(15)21)14-10-6-3-7-11-14/h2-12,18H,1H3. The van der Waals surface area contributed by atoms with Crippen LogP contribution in [0.3, 0.4) is 0 Å². The molecule has 3 aromatic rings. The molecule has 1 atom stereocenters. The average Bonchev–Trinajstić information content (AvgIpc) is 2.93. The maximum atomic E-state index is 12.7. The zero-order valence-corrected chi connectivity index (χ0v) is 12.1. The van der Waals surface area contributed by atoms with Gasteiger partial charge in [0.05, 0.1) is 16.9 Å². The second kappa shape index (κ2) is 5.81. The van der Waals surface area contributed by atoms with Crippen molar-refractivity contribution in [2.24, 2.45) is 5.18 Å². The van der Waals surface area contributed by atoms with Crippen LogP contribution in [0.4, 0.5) is 0 Å². The first-order valence-electron chi connectivity index (χ1n) is 7.00. The summed E-state index contributed by atoms with van der Waals surface area (Å²) in [6.07, 6.45) is 0. The number of benzene rings is 2. The topological polar surface area (TPSA) is 67.2 Å². The lowest BCUT2D eigenvalue weighted by Gasteiger charge is -2.03. The number of nitrogens with one attached hydrogen (secondary N) is 1. The maximum absolute atomic E-state index is 12.7. The summed E-state index contributed by atoms with van der Waals surface area (Å²) in [5.74, 6) is 0. The van der Waals surface area contributed by atoms with Gasteiger partial charge in [-0.1, -0.05) is 53.7 Å². The SMILES string of the molecule is CC(N=O)c1c(-c2ccccc2)[nH]n(-c2ccccc2)c1=O. The molecule has 0 saturated carbocycles. The Morgan fingerprint density at radius 2 is 1.59 bits per heavy atom. The quantitative estimate of drug-likeness (QED) is 0.746. The highest BCUT2D eigenvalue weighted by Crippen LogP contribution is 2.26. The summed E-state index contributed by atoms with van der Waals surface area (Å²) in [5, 5.41) is 6.13. The summed E-state index contributed by atoms with van der Waals surface area (Å²) >= 11 is 0. The summed E-state index contributed by atoms with van der Waals surface area (Å²) in [6.45, 7) is 1.62. The predicted octanol–water partition coefficient (Wildman–Crippen LogP) is 3.66. The van der Waals surface area contributed by atoms with Gasteiger partial charge in [0, 0.05) is 0 Å². The first-order valence-corrected chi connectivity index (χ1v) is 7.00. The minimum Gasteiger partial charge on any atom is -0.290 e. The van der Waals surface area contributed by atoms with Gasteiger partial charge in [-0.2, -0.15) is 4.91 Å². The van der Waals surface area contributed by atoms with E-state index in [0.717, 1.165) is 5.56 Å². The van der Waals surface area contributed by atoms with E-state index in [1.807, 2.05) is 60.7 Å². The Balaban J connectivity index is 2.26. The Labute approximate surface area is 127 Å². The van der Waals surface area contributed by atoms with Crippen LogP contribution in [-0.4, -0.2) is 9.78 Å². The average molecular weight is 293 g/mol. The molecule has 1 unspecified atom stereocenters. The van der Waals surface area contributed by atoms with Gasteiger partial charge in [-0.25, -0.2) is 4.68 Å². The number of aromatic amines is 1. The molecule has 1 heterocycles. The Morgan fingerprint density at radius 3 is 2.18 bits per heavy atom. The van der Waals surface area contributed by atoms with Crippen LogP contribution in [-0.2, 0) is 0 Å². The number of rotatable bonds is 4. The third-order valence-electron chi connectivity index (χ3n) is 3.58. The van der Waals surface area contributed by atoms with E-state index < -0.39 is 6.04 Å². The van der Waals surface area contributed by atoms with E-state index in [1.54, 1.807) is 6.92 Å². The highest BCUT2D eigenvalue weighted by Gasteiger charge is 2.22. The van der Waals surface area contributed by atoms with Crippen molar-refractivity contribution in [2.75, 3.05) is 0 Å². The molecule has 0 radical (unpaired) electrons. The van der Waals surface area contributed by atoms with E-state index in [0.29, 0.717) is 16.9 Å². The summed E-state index contributed by atoms with van der Waals surface area (Å²) in [6, 6.07) is 18.0. The van der Waals surface area contributed by atoms with Gasteiger partial charge < -0.3 is 0 Å². The Bertz CT molecular complexity index is 835. The van der Waals surface area contributed by atoms with E-state index in [1.165, 1.54) is 4.68 Å². The van der Waals surface area contributed by atoms with Gasteiger partial charge in [0.2, 0.25) is 0 Å². The molecular formula is C17H15N3O2. The van der Waals surface area contributed by atoms with E-state index in [9.17, 15) is 9.70 Å². The fourth-order valence-electron chi connectivity index (χ4n) is 2.47. The Kier molecular flexibility index (Phi) is 3.70. The number of H-pyrrole nitrogens is 1. The molecule has 0 spiro atoms. The van der Waals surface area contributed by atoms with Crippen LogP contribution >= 0.6 is 0 Å². The lowest BCUT2D eigenvalue weighted by atomic mass is 10.0. The summed E-state index contributed by atoms with van der Waals surface area (Å²) in [7, 11) is 0. The van der Waals surface area contributed by atoms with Crippen molar-refractivity contribution in [1.29, 1.82) is 0 Å². The molecule has 5 heteroatoms. The maximum Gasteiger partial charge on any atom is 0.277 e. The normalized spacial score (nSPS) is 12.0. The first-order chi connectivity index (χ1) is 10.7. The molecule has 110 valence electrons. The number of nitrogens with zero attached hydrogens (tertiary/aromatic N) is 2. The van der Waals surface area contributed by atoms with Crippen LogP contribution in [0.5, 0.6) is 0 Å². The number of hydrogen-bond acceptors (Lipinski definition) is 3. The van der Waals surface area contributed by atoms with Crippen LogP contribution in [0.15, 0.2) is 70.6 Å². The van der Waals surface area contributed by atoms with Crippen LogP contribution in [0.2, 0.25) is 0 Å². The van der Waals surface area contributed by atoms with Crippen molar-refractivity contribution in [3.63, 3.8) is 0 Å². The predicted molar refractivity (Wildman–Crippen MR) is 86.0 cm³/mol. The minimum absolute atomic E-state index is 0.253. The molecule has 2 aromatic carbocycles. The van der Waals surface area contributed by atoms with Gasteiger partial charge in [0.1, 0.15) is 6.04 Å². The number of hydrogen-bond donors (Lipinski definition) is 1. The van der Waals surface area contributed by atoms with Gasteiger partial charge in [-0.05, 0) is 24.6 Å². The fourth-order valence-corrected chi connectivity index (χ4v) is 2.47. The van der Waals surface area contributed by atoms with E-state index in [4.69, 9.17) is 0 Å². The molecule has 0 amide bonds. The van der Waals surface area contributed by atoms with Gasteiger partial charge in [0.15, 0.2) is 0 Å². The van der Waals surface area contributed by atoms with Crippen molar-refractivity contribution < 1.29 is 0 Å². The van der Waals surface area contributed by atoms with E-state index in [-0.39, 0.29) is 5.56 Å². The minimum atomic E-state index is -0.719. The van der Waals surface area contributed by atoms with Gasteiger partial charge in [-0.3, -0.25) is 9.89 Å². The second-order valence-electron chi connectivity index (χ2n) is 5.02. The lowest BCUT2D eigenvalue weighted by molar-refractivity contribution is 0.793. The zero-order valence-electron chi connectivity index (χ0n) is 12.1. The van der Waals surface area contributed by atoms with Gasteiger partial charge in [-0.15, -0.1) is 0 Å². The molecule has 3 rings (SSSR count). The van der Waals surface area contributed by atoms with Gasteiger partial charge in [0.25, 0.3) is 5.56 Å². The molecule has 0 aliphatic carbocycles. The first kappa shape index (κ1) is 14.0. The fraction of sp³-hybridized carbons (Fsp3) is 0.118. The van der Waals surface area contributed by atoms with E-state index >= 15 is 0 Å². The van der Waals surface area contributed by atoms with Crippen LogP contribution in [0.25, 0.3) is 16.9 Å². The van der Waals surface area contributed by atoms with Crippen LogP contribution in [0, 0.1) is 4.91 Å². The number of aromatic nitrogens is 2. The van der Waals surface area contributed by atoms with E-state index in [2.05, 4.69) is 10.3 Å². The largest absolute Gasteiger partial charge is 0.290 e. The number of nitroso groups, excluding NO2 is 1. The van der Waals surface area contributed by atoms with Crippen LogP contribution in [0.1, 0.15) is 18.5 Å². The van der Waals surface area contributed by atoms with Crippen molar-refractivity contribution in [2.45, 2.75) is 13.0 Å². The Morgan fingerprint density at radius 1 is 1.00 bits per heavy atom. The van der Waals surface area contributed by atoms with Crippen molar-refractivity contribution in [3.05, 3.63) is 81.5 Å². The summed E-state index contributed by atoms with van der Waals surface area (Å²) in [4.78, 5) is 23.7. The third-order valence-corrected chi connectivity index (χ3v) is 3.58. The molecule has 22 heavy (non-hydrogen) atoms. The molecule has 1 aromatic heterocycles.